The minimum absolute atomic E-state index is 0.138. The molecule has 0 radical (unpaired) electrons. The third-order valence-electron chi connectivity index (χ3n) is 2.42. The van der Waals surface area contributed by atoms with Crippen molar-refractivity contribution in [3.8, 4) is 11.6 Å². The molecule has 3 rings (SSSR count). The van der Waals surface area contributed by atoms with E-state index >= 15 is 0 Å². The second-order valence-electron chi connectivity index (χ2n) is 3.56. The Bertz CT molecular complexity index is 542. The minimum atomic E-state index is -0.273. The zero-order valence-electron chi connectivity index (χ0n) is 8.74. The number of hydrogen-bond donors (Lipinski definition) is 0. The Labute approximate surface area is 101 Å². The zero-order chi connectivity index (χ0) is 11.7. The molecular weight excluding hydrogens is 240 g/mol. The summed E-state index contributed by atoms with van der Waals surface area (Å²) in [7, 11) is 0. The average molecular weight is 248 g/mol. The number of ketones is 1. The van der Waals surface area contributed by atoms with E-state index in [1.165, 1.54) is 0 Å². The maximum Gasteiger partial charge on any atom is 0.240 e. The van der Waals surface area contributed by atoms with Gasteiger partial charge in [0.05, 0.1) is 5.75 Å². The van der Waals surface area contributed by atoms with Gasteiger partial charge in [-0.15, -0.1) is 0 Å². The standard InChI is InChI=1S/C10H8N4O2S/c15-7-5-17-4-6(7)10-13-9(14-16-10)8-11-2-1-3-12-8/h1-3,6H,4-5H2. The molecule has 0 N–H and O–H groups in total. The normalized spacial score (nSPS) is 19.8. The highest BCUT2D eigenvalue weighted by atomic mass is 32.2. The lowest BCUT2D eigenvalue weighted by Gasteiger charge is -1.97. The van der Waals surface area contributed by atoms with Crippen molar-refractivity contribution in [3.63, 3.8) is 0 Å². The zero-order valence-corrected chi connectivity index (χ0v) is 9.55. The quantitative estimate of drug-likeness (QED) is 0.781. The van der Waals surface area contributed by atoms with Crippen molar-refractivity contribution in [2.45, 2.75) is 5.92 Å². The molecule has 2 aromatic rings. The predicted molar refractivity (Wildman–Crippen MR) is 60.4 cm³/mol. The van der Waals surface area contributed by atoms with Gasteiger partial charge < -0.3 is 4.52 Å². The molecule has 0 saturated carbocycles. The monoisotopic (exact) mass is 248 g/mol. The number of thioether (sulfide) groups is 1. The van der Waals surface area contributed by atoms with E-state index in [0.717, 1.165) is 0 Å². The lowest BCUT2D eigenvalue weighted by Crippen LogP contribution is -2.09. The van der Waals surface area contributed by atoms with Crippen molar-refractivity contribution in [2.24, 2.45) is 0 Å². The second kappa shape index (κ2) is 4.25. The summed E-state index contributed by atoms with van der Waals surface area (Å²) in [5.41, 5.74) is 0. The molecule has 1 aliphatic rings. The molecule has 1 saturated heterocycles. The van der Waals surface area contributed by atoms with E-state index in [0.29, 0.717) is 29.0 Å². The highest BCUT2D eigenvalue weighted by Crippen LogP contribution is 2.29. The van der Waals surface area contributed by atoms with Crippen molar-refractivity contribution in [1.29, 1.82) is 0 Å². The maximum atomic E-state index is 11.5. The van der Waals surface area contributed by atoms with E-state index in [1.807, 2.05) is 0 Å². The fourth-order valence-corrected chi connectivity index (χ4v) is 2.65. The molecule has 1 fully saturated rings. The molecule has 6 nitrogen and oxygen atoms in total. The lowest BCUT2D eigenvalue weighted by atomic mass is 10.1. The SMILES string of the molecule is O=C1CSCC1c1nc(-c2ncccn2)no1. The number of carbonyl (C=O) groups is 1. The van der Waals surface area contributed by atoms with Gasteiger partial charge in [-0.25, -0.2) is 9.97 Å². The van der Waals surface area contributed by atoms with Crippen LogP contribution in [0.5, 0.6) is 0 Å². The fourth-order valence-electron chi connectivity index (χ4n) is 1.56. The molecule has 1 unspecified atom stereocenters. The van der Waals surface area contributed by atoms with Gasteiger partial charge in [0.1, 0.15) is 5.92 Å². The summed E-state index contributed by atoms with van der Waals surface area (Å²) in [4.78, 5) is 23.8. The van der Waals surface area contributed by atoms with E-state index < -0.39 is 0 Å². The molecule has 2 aromatic heterocycles. The molecule has 3 heterocycles. The van der Waals surface area contributed by atoms with Crippen LogP contribution in [0.1, 0.15) is 11.8 Å². The predicted octanol–water partition coefficient (Wildman–Crippen LogP) is 0.926. The molecule has 0 spiro atoms. The number of hydrogen-bond acceptors (Lipinski definition) is 7. The molecule has 7 heteroatoms. The first-order valence-electron chi connectivity index (χ1n) is 5.06. The van der Waals surface area contributed by atoms with Gasteiger partial charge >= 0.3 is 0 Å². The molecule has 0 bridgehead atoms. The summed E-state index contributed by atoms with van der Waals surface area (Å²) >= 11 is 1.58. The molecule has 0 aliphatic carbocycles. The van der Waals surface area contributed by atoms with Gasteiger partial charge in [-0.2, -0.15) is 16.7 Å². The van der Waals surface area contributed by atoms with Crippen LogP contribution in [0.4, 0.5) is 0 Å². The topological polar surface area (TPSA) is 81.8 Å². The van der Waals surface area contributed by atoms with Gasteiger partial charge in [0.2, 0.25) is 17.5 Å². The van der Waals surface area contributed by atoms with Crippen molar-refractivity contribution >= 4 is 17.5 Å². The maximum absolute atomic E-state index is 11.5. The molecule has 1 atom stereocenters. The van der Waals surface area contributed by atoms with Gasteiger partial charge in [-0.3, -0.25) is 4.79 Å². The largest absolute Gasteiger partial charge is 0.338 e. The summed E-state index contributed by atoms with van der Waals surface area (Å²) in [6.45, 7) is 0. The van der Waals surface area contributed by atoms with Crippen molar-refractivity contribution in [1.82, 2.24) is 20.1 Å². The van der Waals surface area contributed by atoms with E-state index in [9.17, 15) is 4.79 Å². The highest BCUT2D eigenvalue weighted by molar-refractivity contribution is 8.00. The molecule has 0 amide bonds. The summed E-state index contributed by atoms with van der Waals surface area (Å²) in [5.74, 6) is 2.18. The van der Waals surface area contributed by atoms with Gasteiger partial charge in [0.25, 0.3) is 0 Å². The van der Waals surface area contributed by atoms with Crippen molar-refractivity contribution < 1.29 is 9.32 Å². The number of Topliss-reactive ketones (excluding diaryl/α,β-unsaturated/α-hetero) is 1. The van der Waals surface area contributed by atoms with Crippen molar-refractivity contribution in [2.75, 3.05) is 11.5 Å². The van der Waals surface area contributed by atoms with Crippen LogP contribution in [-0.2, 0) is 4.79 Å². The van der Waals surface area contributed by atoms with Crippen LogP contribution < -0.4 is 0 Å². The first-order chi connectivity index (χ1) is 8.34. The summed E-state index contributed by atoms with van der Waals surface area (Å²) in [6.07, 6.45) is 3.21. The van der Waals surface area contributed by atoms with Crippen LogP contribution in [0, 0.1) is 0 Å². The Balaban J connectivity index is 1.91. The number of carbonyl (C=O) groups excluding carboxylic acids is 1. The van der Waals surface area contributed by atoms with E-state index in [4.69, 9.17) is 4.52 Å². The average Bonchev–Trinajstić information content (AvgIpc) is 2.98. The Hall–Kier alpha value is -1.76. The van der Waals surface area contributed by atoms with Crippen LogP contribution in [0.2, 0.25) is 0 Å². The molecule has 1 aliphatic heterocycles. The van der Waals surface area contributed by atoms with E-state index in [-0.39, 0.29) is 11.7 Å². The van der Waals surface area contributed by atoms with Crippen LogP contribution >= 0.6 is 11.8 Å². The Morgan fingerprint density at radius 3 is 2.82 bits per heavy atom. The molecular formula is C10H8N4O2S. The van der Waals surface area contributed by atoms with Crippen molar-refractivity contribution in [3.05, 3.63) is 24.4 Å². The summed E-state index contributed by atoms with van der Waals surface area (Å²) in [6, 6.07) is 1.71. The summed E-state index contributed by atoms with van der Waals surface area (Å²) in [5, 5.41) is 3.79. The first-order valence-corrected chi connectivity index (χ1v) is 6.21. The summed E-state index contributed by atoms with van der Waals surface area (Å²) < 4.78 is 5.10. The highest BCUT2D eigenvalue weighted by Gasteiger charge is 2.31. The lowest BCUT2D eigenvalue weighted by molar-refractivity contribution is -0.117. The van der Waals surface area contributed by atoms with E-state index in [2.05, 4.69) is 20.1 Å². The molecule has 86 valence electrons. The van der Waals surface area contributed by atoms with Crippen LogP contribution in [0.3, 0.4) is 0 Å². The molecule has 0 aromatic carbocycles. The minimum Gasteiger partial charge on any atom is -0.338 e. The molecule has 17 heavy (non-hydrogen) atoms. The Morgan fingerprint density at radius 1 is 1.29 bits per heavy atom. The van der Waals surface area contributed by atoms with Gasteiger partial charge in [-0.1, -0.05) is 5.16 Å². The Morgan fingerprint density at radius 2 is 2.12 bits per heavy atom. The van der Waals surface area contributed by atoms with Crippen LogP contribution in [0.25, 0.3) is 11.6 Å². The number of aromatic nitrogens is 4. The van der Waals surface area contributed by atoms with Crippen LogP contribution in [0.15, 0.2) is 23.0 Å². The van der Waals surface area contributed by atoms with Gasteiger partial charge in [-0.05, 0) is 6.07 Å². The van der Waals surface area contributed by atoms with E-state index in [1.54, 1.807) is 30.2 Å². The van der Waals surface area contributed by atoms with Gasteiger partial charge in [0, 0.05) is 18.1 Å². The number of rotatable bonds is 2. The first kappa shape index (κ1) is 10.4. The third-order valence-corrected chi connectivity index (χ3v) is 3.48. The number of nitrogens with zero attached hydrogens (tertiary/aromatic N) is 4. The smallest absolute Gasteiger partial charge is 0.240 e. The Kier molecular flexibility index (Phi) is 2.60. The fraction of sp³-hybridized carbons (Fsp3) is 0.300. The third kappa shape index (κ3) is 1.93. The second-order valence-corrected chi connectivity index (χ2v) is 4.59. The van der Waals surface area contributed by atoms with Gasteiger partial charge in [0.15, 0.2) is 5.78 Å². The van der Waals surface area contributed by atoms with Crippen LogP contribution in [-0.4, -0.2) is 37.4 Å².